The van der Waals surface area contributed by atoms with E-state index in [4.69, 9.17) is 63.1 Å². The molecule has 0 aromatic heterocycles. The summed E-state index contributed by atoms with van der Waals surface area (Å²) in [6.07, 6.45) is -25.9. The lowest BCUT2D eigenvalue weighted by Crippen LogP contribution is -2.65. The molecule has 45 heteroatoms. The number of carboxylic acid groups (broad SMARTS) is 1. The summed E-state index contributed by atoms with van der Waals surface area (Å²) in [4.78, 5) is 146. The number of amides is 9. The molecule has 8 aromatic rings. The first-order valence-corrected chi connectivity index (χ1v) is 42.7. The van der Waals surface area contributed by atoms with E-state index in [1.54, 1.807) is 26.0 Å². The standard InChI is InChI=1S/C90H95Cl2F3N12O28/c1-36(2)19-55(98-5)81(121)106-70-72(114)41-12-17-59(52(91)25-41)130-61-27-44-28-62(131-60-18-13-42(26-53(60)92)73(115)71-86(126)105-69(87(127)128)51-30-48(110)31-58(112)66(51)50-24-40(11-16-57(50)111)67(83(123)107-71)104-84(124)68(44)103-82(122)56(32-64(97)113)102-85(70)125)76(61)134-88-77(75(117)74(116)63(35-108)132-88)133-65-33-89(4,78(118)37(3)129-65)99-34-39-20-45(100-79(119)43-7-6-8-49(23-43)135-90(93,94)95)29-46(21-39)101-80(120)54(96)22-38-9-14-47(109)15-10-38/h6-18,20-21,23-31,36-37,54-56,63,65,67-75,77-78,88,98-99,108-112,114-118H,19,22,32-35,96H2,1-5H3,(H2,97,113)(H,100,119)(H,101,120)(H,102,125)(H,103,122)(H,104,124)(H,105,126)(H,106,121)(H,107,123)(H,127,128)/t37?,54?,55-,56-,63-,65-,67-,68?,69+,70+,71+,72+,73+,74+,75+,77+,78-,88?,89?/m0/s1. The van der Waals surface area contributed by atoms with E-state index in [2.05, 4.69) is 57.9 Å². The number of aliphatic hydroxyl groups is 6. The smallest absolute Gasteiger partial charge is 0.508 e. The molecular weight excluding hydrogens is 1820 g/mol. The summed E-state index contributed by atoms with van der Waals surface area (Å²) in [7, 11) is 1.45. The van der Waals surface area contributed by atoms with Crippen LogP contribution in [0.2, 0.25) is 10.0 Å². The van der Waals surface area contributed by atoms with Crippen LogP contribution in [0, 0.1) is 5.92 Å². The number of hydrogen-bond donors (Lipinski definition) is 23. The van der Waals surface area contributed by atoms with Crippen molar-refractivity contribution in [1.29, 1.82) is 0 Å². The van der Waals surface area contributed by atoms with Gasteiger partial charge in [-0.25, -0.2) is 4.79 Å². The second-order valence-electron chi connectivity index (χ2n) is 33.4. The number of phenols is 4. The number of aromatic hydroxyl groups is 4. The maximum absolute atomic E-state index is 16.3. The quantitative estimate of drug-likeness (QED) is 0.0424. The van der Waals surface area contributed by atoms with Gasteiger partial charge < -0.3 is 154 Å². The zero-order valence-corrected chi connectivity index (χ0v) is 73.5. The molecule has 9 amide bonds. The van der Waals surface area contributed by atoms with Crippen molar-refractivity contribution in [2.45, 2.75) is 182 Å². The Balaban J connectivity index is 0.939. The summed E-state index contributed by atoms with van der Waals surface area (Å²) in [5, 5.41) is 152. The maximum Gasteiger partial charge on any atom is 0.573 e. The Morgan fingerprint density at radius 2 is 1.28 bits per heavy atom. The summed E-state index contributed by atoms with van der Waals surface area (Å²) in [6, 6.07) is 11.3. The van der Waals surface area contributed by atoms with Gasteiger partial charge in [0.15, 0.2) is 29.9 Å². The average molecular weight is 1920 g/mol. The van der Waals surface area contributed by atoms with E-state index < -0.39 is 290 Å². The highest BCUT2D eigenvalue weighted by Crippen LogP contribution is 2.51. The Bertz CT molecular complexity index is 5890. The molecule has 2 fully saturated rings. The Morgan fingerprint density at radius 3 is 1.90 bits per heavy atom. The number of nitrogens with two attached hydrogens (primary N) is 2. The Labute approximate surface area is 775 Å². The van der Waals surface area contributed by atoms with Crippen LogP contribution in [0.3, 0.4) is 0 Å². The number of likely N-dealkylation sites (N-methyl/N-ethyl adjacent to an activating group) is 1. The molecule has 0 radical (unpaired) electrons. The number of rotatable bonds is 23. The van der Waals surface area contributed by atoms with Crippen molar-refractivity contribution < 1.29 is 150 Å². The molecule has 7 aliphatic heterocycles. The minimum absolute atomic E-state index is 0.0187. The Kier molecular flexibility index (Phi) is 30.4. The number of fused-ring (bicyclic) bond motifs is 15. The number of hydrogen-bond acceptors (Lipinski definition) is 30. The number of halogens is 5. The number of nitrogens with one attached hydrogen (secondary N) is 10. The van der Waals surface area contributed by atoms with E-state index in [-0.39, 0.29) is 64.7 Å². The number of benzene rings is 8. The van der Waals surface area contributed by atoms with E-state index >= 15 is 24.0 Å². The summed E-state index contributed by atoms with van der Waals surface area (Å²) in [5.74, 6) is -19.5. The van der Waals surface area contributed by atoms with Crippen LogP contribution in [0.5, 0.6) is 57.5 Å². The van der Waals surface area contributed by atoms with Crippen LogP contribution in [0.1, 0.15) is 127 Å². The first-order chi connectivity index (χ1) is 63.8. The number of alkyl halides is 3. The molecule has 718 valence electrons. The van der Waals surface area contributed by atoms with Crippen LogP contribution in [-0.4, -0.2) is 220 Å². The van der Waals surface area contributed by atoms with Crippen LogP contribution in [0.4, 0.5) is 24.5 Å². The van der Waals surface area contributed by atoms with Crippen molar-refractivity contribution in [2.75, 3.05) is 24.3 Å². The third-order valence-corrected chi connectivity index (χ3v) is 23.6. The van der Waals surface area contributed by atoms with Crippen molar-refractivity contribution in [3.8, 4) is 68.6 Å². The van der Waals surface area contributed by atoms with Gasteiger partial charge in [-0.15, -0.1) is 13.2 Å². The van der Waals surface area contributed by atoms with E-state index in [0.717, 1.165) is 91.0 Å². The zero-order valence-electron chi connectivity index (χ0n) is 72.0. The number of primary amides is 1. The van der Waals surface area contributed by atoms with Gasteiger partial charge in [-0.2, -0.15) is 0 Å². The van der Waals surface area contributed by atoms with Crippen LogP contribution in [0.15, 0.2) is 146 Å². The molecule has 11 bridgehead atoms. The minimum atomic E-state index is -5.12. The van der Waals surface area contributed by atoms with Gasteiger partial charge in [-0.05, 0) is 176 Å². The summed E-state index contributed by atoms with van der Waals surface area (Å²) in [5.41, 5.74) is 7.84. The van der Waals surface area contributed by atoms with Crippen LogP contribution >= 0.6 is 23.2 Å². The van der Waals surface area contributed by atoms with Gasteiger partial charge in [0.05, 0.1) is 47.4 Å². The largest absolute Gasteiger partial charge is 0.573 e. The van der Waals surface area contributed by atoms with E-state index in [0.29, 0.717) is 5.56 Å². The summed E-state index contributed by atoms with van der Waals surface area (Å²) < 4.78 is 83.7. The number of aliphatic hydroxyl groups excluding tert-OH is 6. The van der Waals surface area contributed by atoms with Gasteiger partial charge >= 0.3 is 12.3 Å². The number of carbonyl (C=O) groups excluding carboxylic acids is 9. The number of ether oxygens (including phenoxy) is 7. The third-order valence-electron chi connectivity index (χ3n) is 23.0. The van der Waals surface area contributed by atoms with E-state index in [9.17, 15) is 93.3 Å². The minimum Gasteiger partial charge on any atom is -0.508 e. The molecule has 40 nitrogen and oxygen atoms in total. The normalized spacial score (nSPS) is 25.2. The summed E-state index contributed by atoms with van der Waals surface area (Å²) in [6.45, 7) is 5.17. The van der Waals surface area contributed by atoms with Gasteiger partial charge in [0.25, 0.3) is 5.91 Å². The molecule has 0 aliphatic carbocycles. The van der Waals surface area contributed by atoms with Crippen LogP contribution < -0.4 is 83.6 Å². The van der Waals surface area contributed by atoms with Gasteiger partial charge in [0.1, 0.15) is 101 Å². The SMILES string of the molecule is CN[C@@H](CC(C)C)C(=O)N[C@H]1C(=O)N[C@@H](CC(N)=O)C(=O)NC2C(=O)N[C@@H]3C(=O)N[C@@H](C(=O)N[C@@H](C(=O)O)c4cc(O)cc(O)c4-c4cc3ccc4O)[C@H](O)c3ccc(c(Cl)c3)Oc3cc2cc(c3OC2O[C@@H](CO)[C@@H](O)[C@@H](O)[C@H]2O[C@H]2CC(C)(NCc3cc(NC(=O)c4cccc(OC(F)(F)F)c4)cc(NC(=O)C(N)Cc4ccc(O)cc4)c3)[C@@H](O)C(C)O2)Oc2ccc(cc2Cl)[C@H]1O. The number of anilines is 2. The monoisotopic (exact) mass is 1920 g/mol. The Hall–Kier alpha value is -13.3. The number of carbonyl (C=O) groups is 10. The van der Waals surface area contributed by atoms with Gasteiger partial charge in [-0.3, -0.25) is 43.2 Å². The fourth-order valence-corrected chi connectivity index (χ4v) is 16.6. The molecule has 5 unspecified atom stereocenters. The topological polar surface area (TPSA) is 630 Å². The zero-order chi connectivity index (χ0) is 97.8. The number of carboxylic acids is 1. The molecule has 0 spiro atoms. The van der Waals surface area contributed by atoms with Crippen molar-refractivity contribution in [3.63, 3.8) is 0 Å². The third kappa shape index (κ3) is 23.1. The fourth-order valence-electron chi connectivity index (χ4n) is 16.1. The molecule has 15 rings (SSSR count). The second-order valence-corrected chi connectivity index (χ2v) is 34.2. The predicted octanol–water partition coefficient (Wildman–Crippen LogP) is 4.30. The lowest BCUT2D eigenvalue weighted by atomic mass is 9.84. The second kappa shape index (κ2) is 41.3. The van der Waals surface area contributed by atoms with Crippen LogP contribution in [0.25, 0.3) is 11.1 Å². The van der Waals surface area contributed by atoms with Crippen molar-refractivity contribution in [3.05, 3.63) is 200 Å². The lowest BCUT2D eigenvalue weighted by molar-refractivity contribution is -0.334. The molecule has 8 aromatic carbocycles. The maximum atomic E-state index is 16.3. The van der Waals surface area contributed by atoms with Crippen molar-refractivity contribution in [1.82, 2.24) is 42.5 Å². The molecule has 25 N–H and O–H groups in total. The first-order valence-electron chi connectivity index (χ1n) is 41.9. The summed E-state index contributed by atoms with van der Waals surface area (Å²) >= 11 is 14.3. The average Bonchev–Trinajstić information content (AvgIpc) is 0.761. The molecule has 135 heavy (non-hydrogen) atoms. The molecular formula is C90H95Cl2F3N12O28. The fraction of sp³-hybridized carbons (Fsp3) is 0.356. The van der Waals surface area contributed by atoms with Crippen LogP contribution in [-0.2, 0) is 70.3 Å². The Morgan fingerprint density at radius 1 is 0.652 bits per heavy atom. The van der Waals surface area contributed by atoms with E-state index in [1.807, 2.05) is 0 Å². The van der Waals surface area contributed by atoms with Crippen molar-refractivity contribution >= 4 is 93.7 Å². The highest BCUT2D eigenvalue weighted by atomic mass is 35.5. The first kappa shape index (κ1) is 99.2. The number of phenolic OH excluding ortho intramolecular Hbond substituents is 4. The highest BCUT2D eigenvalue weighted by Gasteiger charge is 2.53. The van der Waals surface area contributed by atoms with E-state index in [1.165, 1.54) is 63.4 Å². The molecule has 19 atom stereocenters. The van der Waals surface area contributed by atoms with Gasteiger partial charge in [0, 0.05) is 58.2 Å². The predicted molar refractivity (Wildman–Crippen MR) is 468 cm³/mol. The molecule has 7 heterocycles. The lowest BCUT2D eigenvalue weighted by Gasteiger charge is -2.48. The van der Waals surface area contributed by atoms with Gasteiger partial charge in [0.2, 0.25) is 59.3 Å². The molecule has 0 saturated carbocycles. The van der Waals surface area contributed by atoms with Gasteiger partial charge in [-0.1, -0.05) is 73.4 Å². The molecule has 2 saturated heterocycles. The van der Waals surface area contributed by atoms with Crippen molar-refractivity contribution in [2.24, 2.45) is 17.4 Å². The molecule has 7 aliphatic rings. The number of aliphatic carboxylic acids is 1. The highest BCUT2D eigenvalue weighted by molar-refractivity contribution is 6.32.